The SMILES string of the molecule is CCNc1nccn1-c1cc(Cl)cc(C(F)(F)F)c1. The summed E-state index contributed by atoms with van der Waals surface area (Å²) in [5, 5.41) is 2.99. The van der Waals surface area contributed by atoms with E-state index in [-0.39, 0.29) is 5.02 Å². The Balaban J connectivity index is 2.50. The summed E-state index contributed by atoms with van der Waals surface area (Å²) in [5.41, 5.74) is -0.473. The molecular weight excluding hydrogens is 279 g/mol. The second kappa shape index (κ2) is 5.13. The first-order valence-corrected chi connectivity index (χ1v) is 5.95. The first-order valence-electron chi connectivity index (χ1n) is 5.57. The van der Waals surface area contributed by atoms with Crippen molar-refractivity contribution in [2.45, 2.75) is 13.1 Å². The van der Waals surface area contributed by atoms with Crippen LogP contribution in [0.15, 0.2) is 30.6 Å². The Hall–Kier alpha value is -1.69. The molecule has 0 amide bonds. The van der Waals surface area contributed by atoms with E-state index in [0.29, 0.717) is 18.2 Å². The largest absolute Gasteiger partial charge is 0.416 e. The molecule has 1 aromatic carbocycles. The first kappa shape index (κ1) is 13.7. The Bertz CT molecular complexity index is 578. The van der Waals surface area contributed by atoms with E-state index in [9.17, 15) is 13.2 Å². The molecule has 0 radical (unpaired) electrons. The molecule has 0 aliphatic carbocycles. The van der Waals surface area contributed by atoms with Crippen LogP contribution in [0.25, 0.3) is 5.69 Å². The molecule has 0 fully saturated rings. The molecule has 1 N–H and O–H groups in total. The van der Waals surface area contributed by atoms with Crippen molar-refractivity contribution in [3.8, 4) is 5.69 Å². The molecule has 2 rings (SSSR count). The van der Waals surface area contributed by atoms with E-state index < -0.39 is 11.7 Å². The number of halogens is 4. The molecule has 1 heterocycles. The number of nitrogens with one attached hydrogen (secondary N) is 1. The molecule has 0 saturated carbocycles. The highest BCUT2D eigenvalue weighted by Crippen LogP contribution is 2.33. The molecule has 0 aliphatic rings. The van der Waals surface area contributed by atoms with Crippen LogP contribution in [-0.2, 0) is 6.18 Å². The number of hydrogen-bond donors (Lipinski definition) is 1. The van der Waals surface area contributed by atoms with Crippen molar-refractivity contribution >= 4 is 17.5 Å². The highest BCUT2D eigenvalue weighted by Gasteiger charge is 2.31. The number of alkyl halides is 3. The Kier molecular flexibility index (Phi) is 3.71. The van der Waals surface area contributed by atoms with Crippen LogP contribution in [0.4, 0.5) is 19.1 Å². The molecule has 0 bridgehead atoms. The van der Waals surface area contributed by atoms with Gasteiger partial charge in [-0.05, 0) is 25.1 Å². The lowest BCUT2D eigenvalue weighted by molar-refractivity contribution is -0.137. The lowest BCUT2D eigenvalue weighted by Gasteiger charge is -2.12. The van der Waals surface area contributed by atoms with Gasteiger partial charge >= 0.3 is 6.18 Å². The summed E-state index contributed by atoms with van der Waals surface area (Å²) in [6.07, 6.45) is -1.35. The van der Waals surface area contributed by atoms with Gasteiger partial charge in [-0.3, -0.25) is 4.57 Å². The smallest absolute Gasteiger partial charge is 0.356 e. The van der Waals surface area contributed by atoms with E-state index in [2.05, 4.69) is 10.3 Å². The fraction of sp³-hybridized carbons (Fsp3) is 0.250. The number of aromatic nitrogens is 2. The van der Waals surface area contributed by atoms with Gasteiger partial charge in [0.2, 0.25) is 5.95 Å². The average Bonchev–Trinajstić information content (AvgIpc) is 2.76. The molecule has 1 aromatic heterocycles. The van der Waals surface area contributed by atoms with Crippen LogP contribution in [-0.4, -0.2) is 16.1 Å². The molecule has 19 heavy (non-hydrogen) atoms. The van der Waals surface area contributed by atoms with Gasteiger partial charge in [-0.2, -0.15) is 13.2 Å². The van der Waals surface area contributed by atoms with Gasteiger partial charge in [0.15, 0.2) is 0 Å². The molecule has 0 aliphatic heterocycles. The quantitative estimate of drug-likeness (QED) is 0.926. The van der Waals surface area contributed by atoms with E-state index in [1.165, 1.54) is 16.8 Å². The highest BCUT2D eigenvalue weighted by atomic mass is 35.5. The van der Waals surface area contributed by atoms with Crippen LogP contribution in [0.3, 0.4) is 0 Å². The molecular formula is C12H11ClF3N3. The Morgan fingerprint density at radius 3 is 2.68 bits per heavy atom. The van der Waals surface area contributed by atoms with Crippen molar-refractivity contribution in [3.63, 3.8) is 0 Å². The zero-order valence-corrected chi connectivity index (χ0v) is 10.8. The van der Waals surface area contributed by atoms with Gasteiger partial charge < -0.3 is 5.32 Å². The van der Waals surface area contributed by atoms with Crippen LogP contribution in [0, 0.1) is 0 Å². The number of rotatable bonds is 3. The standard InChI is InChI=1S/C12H11ClF3N3/c1-2-17-11-18-3-4-19(11)10-6-8(12(14,15)16)5-9(13)7-10/h3-7H,2H2,1H3,(H,17,18). The summed E-state index contributed by atoms with van der Waals surface area (Å²) in [4.78, 5) is 4.03. The van der Waals surface area contributed by atoms with Crippen molar-refractivity contribution in [1.82, 2.24) is 9.55 Å². The number of imidazole rings is 1. The third kappa shape index (κ3) is 3.01. The van der Waals surface area contributed by atoms with Crippen molar-refractivity contribution in [2.75, 3.05) is 11.9 Å². The predicted molar refractivity (Wildman–Crippen MR) is 67.7 cm³/mol. The Morgan fingerprint density at radius 1 is 1.32 bits per heavy atom. The van der Waals surface area contributed by atoms with Crippen LogP contribution < -0.4 is 5.32 Å². The van der Waals surface area contributed by atoms with E-state index >= 15 is 0 Å². The maximum absolute atomic E-state index is 12.7. The van der Waals surface area contributed by atoms with E-state index in [1.807, 2.05) is 6.92 Å². The summed E-state index contributed by atoms with van der Waals surface area (Å²) in [5.74, 6) is 0.470. The third-order valence-corrected chi connectivity index (χ3v) is 2.68. The normalized spacial score (nSPS) is 11.6. The number of benzene rings is 1. The zero-order valence-electron chi connectivity index (χ0n) is 10.0. The van der Waals surface area contributed by atoms with Gasteiger partial charge in [0.05, 0.1) is 11.3 Å². The maximum atomic E-state index is 12.7. The van der Waals surface area contributed by atoms with Crippen molar-refractivity contribution in [2.24, 2.45) is 0 Å². The molecule has 7 heteroatoms. The topological polar surface area (TPSA) is 29.9 Å². The minimum absolute atomic E-state index is 0.0287. The number of anilines is 1. The van der Waals surface area contributed by atoms with Gasteiger partial charge in [0, 0.05) is 24.0 Å². The summed E-state index contributed by atoms with van der Waals surface area (Å²) in [6, 6.07) is 3.39. The van der Waals surface area contributed by atoms with Crippen LogP contribution in [0.5, 0.6) is 0 Å². The minimum Gasteiger partial charge on any atom is -0.356 e. The van der Waals surface area contributed by atoms with E-state index in [1.54, 1.807) is 6.20 Å². The predicted octanol–water partition coefficient (Wildman–Crippen LogP) is 3.98. The number of nitrogens with zero attached hydrogens (tertiary/aromatic N) is 2. The van der Waals surface area contributed by atoms with Crippen molar-refractivity contribution in [3.05, 3.63) is 41.2 Å². The fourth-order valence-electron chi connectivity index (χ4n) is 1.68. The highest BCUT2D eigenvalue weighted by molar-refractivity contribution is 6.30. The molecule has 0 spiro atoms. The van der Waals surface area contributed by atoms with Gasteiger partial charge in [0.25, 0.3) is 0 Å². The molecule has 2 aromatic rings. The summed E-state index contributed by atoms with van der Waals surface area (Å²) in [6.45, 7) is 2.49. The summed E-state index contributed by atoms with van der Waals surface area (Å²) in [7, 11) is 0. The van der Waals surface area contributed by atoms with E-state index in [0.717, 1.165) is 12.1 Å². The first-order chi connectivity index (χ1) is 8.91. The second-order valence-electron chi connectivity index (χ2n) is 3.85. The zero-order chi connectivity index (χ0) is 14.0. The number of hydrogen-bond acceptors (Lipinski definition) is 2. The van der Waals surface area contributed by atoms with Gasteiger partial charge in [-0.15, -0.1) is 0 Å². The van der Waals surface area contributed by atoms with Crippen LogP contribution >= 0.6 is 11.6 Å². The molecule has 0 saturated heterocycles. The van der Waals surface area contributed by atoms with Gasteiger partial charge in [0.1, 0.15) is 0 Å². The Morgan fingerprint density at radius 2 is 2.05 bits per heavy atom. The fourth-order valence-corrected chi connectivity index (χ4v) is 1.91. The monoisotopic (exact) mass is 289 g/mol. The van der Waals surface area contributed by atoms with Gasteiger partial charge in [-0.25, -0.2) is 4.98 Å². The summed E-state index contributed by atoms with van der Waals surface area (Å²) >= 11 is 5.75. The maximum Gasteiger partial charge on any atom is 0.416 e. The molecule has 102 valence electrons. The van der Waals surface area contributed by atoms with Crippen molar-refractivity contribution < 1.29 is 13.2 Å². The lowest BCUT2D eigenvalue weighted by Crippen LogP contribution is -2.08. The van der Waals surface area contributed by atoms with E-state index in [4.69, 9.17) is 11.6 Å². The Labute approximate surface area is 113 Å². The minimum atomic E-state index is -4.43. The molecule has 0 unspecified atom stereocenters. The van der Waals surface area contributed by atoms with Crippen LogP contribution in [0.1, 0.15) is 12.5 Å². The summed E-state index contributed by atoms with van der Waals surface area (Å²) < 4.78 is 39.7. The lowest BCUT2D eigenvalue weighted by atomic mass is 10.2. The van der Waals surface area contributed by atoms with Crippen molar-refractivity contribution in [1.29, 1.82) is 0 Å². The second-order valence-corrected chi connectivity index (χ2v) is 4.28. The van der Waals surface area contributed by atoms with Crippen LogP contribution in [0.2, 0.25) is 5.02 Å². The molecule has 3 nitrogen and oxygen atoms in total. The van der Waals surface area contributed by atoms with Gasteiger partial charge in [-0.1, -0.05) is 11.6 Å². The average molecular weight is 290 g/mol. The molecule has 0 atom stereocenters. The third-order valence-electron chi connectivity index (χ3n) is 2.46.